The van der Waals surface area contributed by atoms with Crippen LogP contribution in [0.5, 0.6) is 5.75 Å². The molecule has 0 saturated carbocycles. The van der Waals surface area contributed by atoms with E-state index in [1.165, 1.54) is 5.56 Å². The smallest absolute Gasteiger partial charge is 0.138 e. The van der Waals surface area contributed by atoms with Gasteiger partial charge in [-0.25, -0.2) is 4.98 Å². The lowest BCUT2D eigenvalue weighted by atomic mass is 10.0. The molecule has 0 aliphatic rings. The molecule has 1 heterocycles. The summed E-state index contributed by atoms with van der Waals surface area (Å²) in [5.74, 6) is 1.29. The molecule has 0 spiro atoms. The van der Waals surface area contributed by atoms with Crippen molar-refractivity contribution in [3.8, 4) is 28.4 Å². The van der Waals surface area contributed by atoms with Gasteiger partial charge in [-0.05, 0) is 43.5 Å². The molecule has 4 rings (SSSR count). The standard InChI is InChI=1S/C29H33N3O/c1-4-5-16-32(19-23-17-21(2)28(33)22(3)18-23)20-26-27(24-12-8-6-9-13-24)31-29(30-26)25-14-10-7-11-15-25/h6-15,17-18,33H,4-5,16,19-20H2,1-3H3,(H,30,31). The monoisotopic (exact) mass is 439 g/mol. The van der Waals surface area contributed by atoms with E-state index in [0.717, 1.165) is 71.9 Å². The second-order valence-corrected chi connectivity index (χ2v) is 8.79. The third-order valence-electron chi connectivity index (χ3n) is 6.04. The summed E-state index contributed by atoms with van der Waals surface area (Å²) in [4.78, 5) is 11.1. The Morgan fingerprint density at radius 1 is 0.848 bits per heavy atom. The van der Waals surface area contributed by atoms with Crippen molar-refractivity contribution >= 4 is 0 Å². The van der Waals surface area contributed by atoms with Crippen LogP contribution in [-0.2, 0) is 13.1 Å². The minimum Gasteiger partial charge on any atom is -0.507 e. The van der Waals surface area contributed by atoms with Gasteiger partial charge in [-0.15, -0.1) is 0 Å². The minimum atomic E-state index is 0.395. The highest BCUT2D eigenvalue weighted by molar-refractivity contribution is 5.67. The van der Waals surface area contributed by atoms with Gasteiger partial charge in [-0.1, -0.05) is 86.1 Å². The topological polar surface area (TPSA) is 52.1 Å². The van der Waals surface area contributed by atoms with Crippen molar-refractivity contribution < 1.29 is 5.11 Å². The summed E-state index contributed by atoms with van der Waals surface area (Å²) in [5.41, 5.74) is 7.43. The molecule has 3 aromatic carbocycles. The molecule has 0 unspecified atom stereocenters. The summed E-state index contributed by atoms with van der Waals surface area (Å²) < 4.78 is 0. The van der Waals surface area contributed by atoms with E-state index in [1.807, 2.05) is 38.1 Å². The SMILES string of the molecule is CCCCN(Cc1cc(C)c(O)c(C)c1)Cc1[nH]c(-c2ccccc2)nc1-c1ccccc1. The number of imidazole rings is 1. The van der Waals surface area contributed by atoms with Crippen molar-refractivity contribution in [2.24, 2.45) is 0 Å². The molecule has 4 aromatic rings. The predicted molar refractivity (Wildman–Crippen MR) is 136 cm³/mol. The number of phenolic OH excluding ortho intramolecular Hbond substituents is 1. The zero-order valence-electron chi connectivity index (χ0n) is 19.8. The van der Waals surface area contributed by atoms with Gasteiger partial charge in [0.05, 0.1) is 11.4 Å². The van der Waals surface area contributed by atoms with Gasteiger partial charge < -0.3 is 10.1 Å². The number of hydrogen-bond donors (Lipinski definition) is 2. The van der Waals surface area contributed by atoms with Crippen molar-refractivity contribution in [1.82, 2.24) is 14.9 Å². The van der Waals surface area contributed by atoms with E-state index in [2.05, 4.69) is 65.3 Å². The third-order valence-corrected chi connectivity index (χ3v) is 6.04. The van der Waals surface area contributed by atoms with Crippen LogP contribution in [0.25, 0.3) is 22.6 Å². The Bertz CT molecular complexity index is 1160. The van der Waals surface area contributed by atoms with E-state index in [1.54, 1.807) is 0 Å². The molecule has 0 bridgehead atoms. The first-order chi connectivity index (χ1) is 16.0. The van der Waals surface area contributed by atoms with Gasteiger partial charge >= 0.3 is 0 Å². The van der Waals surface area contributed by atoms with Crippen LogP contribution < -0.4 is 0 Å². The Balaban J connectivity index is 1.68. The van der Waals surface area contributed by atoms with Crippen molar-refractivity contribution in [1.29, 1.82) is 0 Å². The number of nitrogens with one attached hydrogen (secondary N) is 1. The lowest BCUT2D eigenvalue weighted by molar-refractivity contribution is 0.250. The molecule has 2 N–H and O–H groups in total. The summed E-state index contributed by atoms with van der Waals surface area (Å²) in [6, 6.07) is 24.9. The molecule has 0 aliphatic heterocycles. The summed E-state index contributed by atoms with van der Waals surface area (Å²) in [6.45, 7) is 8.78. The highest BCUT2D eigenvalue weighted by Crippen LogP contribution is 2.28. The number of benzene rings is 3. The van der Waals surface area contributed by atoms with Crippen molar-refractivity contribution in [3.05, 3.63) is 95.2 Å². The Morgan fingerprint density at radius 2 is 1.45 bits per heavy atom. The number of unbranched alkanes of at least 4 members (excludes halogenated alkanes) is 1. The zero-order chi connectivity index (χ0) is 23.2. The van der Waals surface area contributed by atoms with Gasteiger partial charge in [0.15, 0.2) is 0 Å². The summed E-state index contributed by atoms with van der Waals surface area (Å²) >= 11 is 0. The van der Waals surface area contributed by atoms with Gasteiger partial charge in [0, 0.05) is 24.2 Å². The van der Waals surface area contributed by atoms with Crippen molar-refractivity contribution in [3.63, 3.8) is 0 Å². The van der Waals surface area contributed by atoms with Crippen LogP contribution in [0.1, 0.15) is 42.1 Å². The molecule has 33 heavy (non-hydrogen) atoms. The highest BCUT2D eigenvalue weighted by atomic mass is 16.3. The minimum absolute atomic E-state index is 0.395. The number of phenols is 1. The number of aromatic hydroxyl groups is 1. The predicted octanol–water partition coefficient (Wildman–Crippen LogP) is 6.87. The lowest BCUT2D eigenvalue weighted by Gasteiger charge is -2.23. The van der Waals surface area contributed by atoms with Crippen LogP contribution in [-0.4, -0.2) is 26.5 Å². The summed E-state index contributed by atoms with van der Waals surface area (Å²) in [6.07, 6.45) is 2.28. The molecule has 0 fully saturated rings. The number of aromatic nitrogens is 2. The van der Waals surface area contributed by atoms with E-state index in [9.17, 15) is 5.11 Å². The molecular formula is C29H33N3O. The number of rotatable bonds is 9. The highest BCUT2D eigenvalue weighted by Gasteiger charge is 2.17. The number of aromatic amines is 1. The number of aryl methyl sites for hydroxylation is 2. The molecule has 0 radical (unpaired) electrons. The van der Waals surface area contributed by atoms with E-state index >= 15 is 0 Å². The molecule has 4 heteroatoms. The summed E-state index contributed by atoms with van der Waals surface area (Å²) in [7, 11) is 0. The largest absolute Gasteiger partial charge is 0.507 e. The zero-order valence-corrected chi connectivity index (χ0v) is 19.8. The van der Waals surface area contributed by atoms with Crippen LogP contribution in [0.2, 0.25) is 0 Å². The van der Waals surface area contributed by atoms with Gasteiger partial charge in [0.1, 0.15) is 11.6 Å². The van der Waals surface area contributed by atoms with Crippen LogP contribution in [0.3, 0.4) is 0 Å². The molecular weight excluding hydrogens is 406 g/mol. The molecule has 0 amide bonds. The maximum atomic E-state index is 10.2. The summed E-state index contributed by atoms with van der Waals surface area (Å²) in [5, 5.41) is 10.2. The fourth-order valence-corrected chi connectivity index (χ4v) is 4.31. The number of hydrogen-bond acceptors (Lipinski definition) is 3. The first-order valence-electron chi connectivity index (χ1n) is 11.8. The Labute approximate surface area is 197 Å². The van der Waals surface area contributed by atoms with Crippen LogP contribution in [0.4, 0.5) is 0 Å². The second kappa shape index (κ2) is 10.5. The Kier molecular flexibility index (Phi) is 7.26. The maximum Gasteiger partial charge on any atom is 0.138 e. The van der Waals surface area contributed by atoms with E-state index in [4.69, 9.17) is 4.98 Å². The number of nitrogens with zero attached hydrogens (tertiary/aromatic N) is 2. The first-order valence-corrected chi connectivity index (χ1v) is 11.8. The molecule has 0 aliphatic carbocycles. The van der Waals surface area contributed by atoms with E-state index < -0.39 is 0 Å². The molecule has 4 nitrogen and oxygen atoms in total. The van der Waals surface area contributed by atoms with Gasteiger partial charge in [-0.3, -0.25) is 4.90 Å². The van der Waals surface area contributed by atoms with Crippen LogP contribution in [0, 0.1) is 13.8 Å². The molecule has 170 valence electrons. The third kappa shape index (κ3) is 5.52. The lowest BCUT2D eigenvalue weighted by Crippen LogP contribution is -2.24. The van der Waals surface area contributed by atoms with Gasteiger partial charge in [0.2, 0.25) is 0 Å². The quantitative estimate of drug-likeness (QED) is 0.299. The molecule has 0 saturated heterocycles. The average Bonchev–Trinajstić information content (AvgIpc) is 3.26. The fourth-order valence-electron chi connectivity index (χ4n) is 4.31. The van der Waals surface area contributed by atoms with Crippen molar-refractivity contribution in [2.45, 2.75) is 46.7 Å². The van der Waals surface area contributed by atoms with Crippen LogP contribution >= 0.6 is 0 Å². The first kappa shape index (κ1) is 22.8. The Hall–Kier alpha value is -3.37. The van der Waals surface area contributed by atoms with E-state index in [-0.39, 0.29) is 0 Å². The number of H-pyrrole nitrogens is 1. The van der Waals surface area contributed by atoms with Gasteiger partial charge in [-0.2, -0.15) is 0 Å². The molecule has 0 atom stereocenters. The fraction of sp³-hybridized carbons (Fsp3) is 0.276. The van der Waals surface area contributed by atoms with Crippen LogP contribution in [0.15, 0.2) is 72.8 Å². The molecule has 1 aromatic heterocycles. The Morgan fingerprint density at radius 3 is 2.06 bits per heavy atom. The average molecular weight is 440 g/mol. The van der Waals surface area contributed by atoms with E-state index in [0.29, 0.717) is 5.75 Å². The van der Waals surface area contributed by atoms with Crippen molar-refractivity contribution in [2.75, 3.05) is 6.54 Å². The second-order valence-electron chi connectivity index (χ2n) is 8.79. The normalized spacial score (nSPS) is 11.3. The maximum absolute atomic E-state index is 10.2. The van der Waals surface area contributed by atoms with Gasteiger partial charge in [0.25, 0.3) is 0 Å².